The molecular formula is C10H7O3. The van der Waals surface area contributed by atoms with Gasteiger partial charge in [-0.3, -0.25) is 4.79 Å². The molecule has 3 nitrogen and oxygen atoms in total. The minimum absolute atomic E-state index is 0.266. The summed E-state index contributed by atoms with van der Waals surface area (Å²) < 4.78 is 10.3. The third kappa shape index (κ3) is 1.54. The van der Waals surface area contributed by atoms with E-state index in [0.29, 0.717) is 5.75 Å². The second-order valence-corrected chi connectivity index (χ2v) is 2.56. The first-order valence-electron chi connectivity index (χ1n) is 3.84. The molecule has 0 aliphatic carbocycles. The van der Waals surface area contributed by atoms with Crippen LogP contribution in [0.15, 0.2) is 24.3 Å². The van der Waals surface area contributed by atoms with Crippen LogP contribution in [0.25, 0.3) is 6.08 Å². The average Bonchev–Trinajstić information content (AvgIpc) is 2.61. The van der Waals surface area contributed by atoms with E-state index in [2.05, 4.69) is 0 Å². The van der Waals surface area contributed by atoms with Gasteiger partial charge in [0.05, 0.1) is 0 Å². The van der Waals surface area contributed by atoms with E-state index in [1.807, 2.05) is 18.2 Å². The van der Waals surface area contributed by atoms with Gasteiger partial charge in [0.25, 0.3) is 0 Å². The molecule has 1 radical (unpaired) electrons. The van der Waals surface area contributed by atoms with Crippen molar-refractivity contribution >= 4 is 12.4 Å². The molecule has 0 bridgehead atoms. The molecular weight excluding hydrogens is 168 g/mol. The van der Waals surface area contributed by atoms with Crippen LogP contribution in [0.4, 0.5) is 0 Å². The van der Waals surface area contributed by atoms with Crippen molar-refractivity contribution in [3.63, 3.8) is 0 Å². The molecule has 2 rings (SSSR count). The van der Waals surface area contributed by atoms with E-state index in [1.165, 1.54) is 6.08 Å². The van der Waals surface area contributed by atoms with Crippen LogP contribution in [0.2, 0.25) is 0 Å². The Morgan fingerprint density at radius 1 is 1.31 bits per heavy atom. The molecule has 0 unspecified atom stereocenters. The summed E-state index contributed by atoms with van der Waals surface area (Å²) in [6.07, 6.45) is 4.66. The molecule has 0 atom stereocenters. The average molecular weight is 175 g/mol. The maximum Gasteiger partial charge on any atom is 0.231 e. The van der Waals surface area contributed by atoms with Gasteiger partial charge in [0, 0.05) is 0 Å². The Kier molecular flexibility index (Phi) is 2.00. The Bertz CT molecular complexity index is 355. The summed E-state index contributed by atoms with van der Waals surface area (Å²) in [6.45, 7) is 0.266. The van der Waals surface area contributed by atoms with Crippen molar-refractivity contribution in [1.82, 2.24) is 0 Å². The van der Waals surface area contributed by atoms with E-state index in [-0.39, 0.29) is 6.79 Å². The number of benzene rings is 1. The number of ether oxygens (including phenoxy) is 2. The number of allylic oxidation sites excluding steroid dienone is 1. The van der Waals surface area contributed by atoms with Crippen LogP contribution in [0.1, 0.15) is 5.56 Å². The first-order valence-corrected chi connectivity index (χ1v) is 3.84. The summed E-state index contributed by atoms with van der Waals surface area (Å²) in [4.78, 5) is 9.94. The lowest BCUT2D eigenvalue weighted by molar-refractivity contribution is 0.174. The molecule has 1 aromatic carbocycles. The zero-order valence-corrected chi connectivity index (χ0v) is 6.82. The van der Waals surface area contributed by atoms with Crippen LogP contribution in [0.3, 0.4) is 0 Å². The van der Waals surface area contributed by atoms with Crippen molar-refractivity contribution in [2.45, 2.75) is 0 Å². The van der Waals surface area contributed by atoms with Crippen LogP contribution in [0.5, 0.6) is 11.5 Å². The van der Waals surface area contributed by atoms with Gasteiger partial charge in [-0.25, -0.2) is 0 Å². The monoisotopic (exact) mass is 175 g/mol. The van der Waals surface area contributed by atoms with E-state index in [9.17, 15) is 4.79 Å². The van der Waals surface area contributed by atoms with E-state index in [1.54, 1.807) is 12.4 Å². The highest BCUT2D eigenvalue weighted by Crippen LogP contribution is 2.32. The molecule has 13 heavy (non-hydrogen) atoms. The van der Waals surface area contributed by atoms with Gasteiger partial charge in [0.1, 0.15) is 0 Å². The Morgan fingerprint density at radius 3 is 3.00 bits per heavy atom. The largest absolute Gasteiger partial charge is 0.454 e. The van der Waals surface area contributed by atoms with Crippen LogP contribution in [-0.4, -0.2) is 13.1 Å². The van der Waals surface area contributed by atoms with Gasteiger partial charge in [0.2, 0.25) is 13.1 Å². The lowest BCUT2D eigenvalue weighted by Crippen LogP contribution is -1.92. The van der Waals surface area contributed by atoms with Crippen LogP contribution >= 0.6 is 0 Å². The second kappa shape index (κ2) is 3.31. The molecule has 1 heterocycles. The summed E-state index contributed by atoms with van der Waals surface area (Å²) >= 11 is 0. The molecule has 0 N–H and O–H groups in total. The number of hydrogen-bond acceptors (Lipinski definition) is 3. The van der Waals surface area contributed by atoms with Gasteiger partial charge in [-0.15, -0.1) is 0 Å². The Labute approximate surface area is 75.6 Å². The van der Waals surface area contributed by atoms with Gasteiger partial charge < -0.3 is 9.47 Å². The lowest BCUT2D eigenvalue weighted by Gasteiger charge is -1.96. The van der Waals surface area contributed by atoms with Crippen molar-refractivity contribution in [1.29, 1.82) is 0 Å². The van der Waals surface area contributed by atoms with Crippen molar-refractivity contribution < 1.29 is 14.3 Å². The highest BCUT2D eigenvalue weighted by Gasteiger charge is 2.11. The first kappa shape index (κ1) is 7.86. The lowest BCUT2D eigenvalue weighted by atomic mass is 10.2. The zero-order valence-electron chi connectivity index (χ0n) is 6.82. The summed E-state index contributed by atoms with van der Waals surface area (Å²) in [5, 5.41) is 0. The minimum Gasteiger partial charge on any atom is -0.454 e. The first-order chi connectivity index (χ1) is 6.40. The molecule has 0 spiro atoms. The Morgan fingerprint density at radius 2 is 2.15 bits per heavy atom. The van der Waals surface area contributed by atoms with E-state index < -0.39 is 0 Å². The predicted octanol–water partition coefficient (Wildman–Crippen LogP) is 1.54. The summed E-state index contributed by atoms with van der Waals surface area (Å²) in [5.74, 6) is 1.46. The van der Waals surface area contributed by atoms with Gasteiger partial charge in [-0.2, -0.15) is 0 Å². The minimum atomic E-state index is 0.266. The summed E-state index contributed by atoms with van der Waals surface area (Å²) in [6, 6.07) is 5.48. The van der Waals surface area contributed by atoms with Crippen LogP contribution in [0, 0.1) is 0 Å². The Hall–Kier alpha value is -1.77. The van der Waals surface area contributed by atoms with Crippen molar-refractivity contribution in [2.75, 3.05) is 6.79 Å². The number of carbonyl (C=O) groups excluding carboxylic acids is 1. The predicted molar refractivity (Wildman–Crippen MR) is 47.3 cm³/mol. The molecule has 65 valence electrons. The maximum atomic E-state index is 9.94. The Balaban J connectivity index is 2.30. The highest BCUT2D eigenvalue weighted by atomic mass is 16.7. The summed E-state index contributed by atoms with van der Waals surface area (Å²) in [7, 11) is 0. The van der Waals surface area contributed by atoms with Crippen molar-refractivity contribution in [3.05, 3.63) is 29.8 Å². The molecule has 1 aliphatic heterocycles. The normalized spacial score (nSPS) is 13.5. The maximum absolute atomic E-state index is 9.94. The standard InChI is InChI=1S/C10H7O3/c11-5-1-2-8-3-4-9-10(6-8)13-7-12-9/h1-4,6H,7H2/b2-1+. The fourth-order valence-corrected chi connectivity index (χ4v) is 1.15. The zero-order chi connectivity index (χ0) is 9.10. The summed E-state index contributed by atoms with van der Waals surface area (Å²) in [5.41, 5.74) is 0.896. The SMILES string of the molecule is O=[C]/C=C/c1ccc2c(c1)OCO2. The third-order valence-corrected chi connectivity index (χ3v) is 1.74. The smallest absolute Gasteiger partial charge is 0.231 e. The molecule has 0 amide bonds. The van der Waals surface area contributed by atoms with Crippen molar-refractivity contribution in [3.8, 4) is 11.5 Å². The second-order valence-electron chi connectivity index (χ2n) is 2.56. The fraction of sp³-hybridized carbons (Fsp3) is 0.100. The topological polar surface area (TPSA) is 35.5 Å². The molecule has 0 saturated carbocycles. The van der Waals surface area contributed by atoms with E-state index >= 15 is 0 Å². The van der Waals surface area contributed by atoms with Crippen LogP contribution < -0.4 is 9.47 Å². The van der Waals surface area contributed by atoms with Gasteiger partial charge in [-0.1, -0.05) is 12.1 Å². The number of rotatable bonds is 2. The molecule has 0 aromatic heterocycles. The fourth-order valence-electron chi connectivity index (χ4n) is 1.15. The molecule has 3 heteroatoms. The van der Waals surface area contributed by atoms with E-state index in [4.69, 9.17) is 9.47 Å². The van der Waals surface area contributed by atoms with Gasteiger partial charge >= 0.3 is 0 Å². The number of hydrogen-bond donors (Lipinski definition) is 0. The number of fused-ring (bicyclic) bond motifs is 1. The molecule has 1 aliphatic rings. The highest BCUT2D eigenvalue weighted by molar-refractivity contribution is 5.75. The van der Waals surface area contributed by atoms with Crippen LogP contribution in [-0.2, 0) is 4.79 Å². The molecule has 1 aromatic rings. The van der Waals surface area contributed by atoms with E-state index in [0.717, 1.165) is 11.3 Å². The van der Waals surface area contributed by atoms with Gasteiger partial charge in [-0.05, 0) is 23.8 Å². The van der Waals surface area contributed by atoms with Crippen molar-refractivity contribution in [2.24, 2.45) is 0 Å². The quantitative estimate of drug-likeness (QED) is 0.639. The molecule has 0 fully saturated rings. The third-order valence-electron chi connectivity index (χ3n) is 1.74. The van der Waals surface area contributed by atoms with Gasteiger partial charge in [0.15, 0.2) is 11.5 Å². The molecule has 0 saturated heterocycles.